The van der Waals surface area contributed by atoms with Crippen molar-refractivity contribution in [3.8, 4) is 0 Å². The Morgan fingerprint density at radius 1 is 0.284 bits per heavy atom. The maximum Gasteiger partial charge on any atom is 0.162 e. The molecule has 0 N–H and O–H groups in total. The minimum absolute atomic E-state index is 0.204. The zero-order valence-corrected chi connectivity index (χ0v) is 60.8. The highest BCUT2D eigenvalue weighted by Gasteiger charge is 2.63. The first-order valence-electron chi connectivity index (χ1n) is 26.3. The molecule has 0 radical (unpaired) electrons. The van der Waals surface area contributed by atoms with E-state index in [9.17, 15) is 0 Å². The third-order valence-corrected chi connectivity index (χ3v) is 42.4. The van der Waals surface area contributed by atoms with Gasteiger partial charge in [-0.3, -0.25) is 0 Å². The fourth-order valence-corrected chi connectivity index (χ4v) is 48.3. The summed E-state index contributed by atoms with van der Waals surface area (Å²) in [5.41, 5.74) is 9.88. The van der Waals surface area contributed by atoms with Gasteiger partial charge >= 0.3 is 0 Å². The Morgan fingerprint density at radius 2 is 0.478 bits per heavy atom. The Morgan fingerprint density at radius 3 is 0.627 bits per heavy atom. The highest BCUT2D eigenvalue weighted by atomic mass is 28.3. The molecule has 1 unspecified atom stereocenters. The van der Waals surface area contributed by atoms with E-state index in [1.807, 2.05) is 31.1 Å². The van der Waals surface area contributed by atoms with Crippen LogP contribution in [0.15, 0.2) is 41.0 Å². The average Bonchev–Trinajstić information content (AvgIpc) is 3.27. The lowest BCUT2D eigenvalue weighted by atomic mass is 10.0. The van der Waals surface area contributed by atoms with Gasteiger partial charge in [-0.15, -0.1) is 0 Å². The number of rotatable bonds is 13. The summed E-state index contributed by atoms with van der Waals surface area (Å²) in [5, 5.41) is 21.6. The zero-order valence-electron chi connectivity index (χ0n) is 50.8. The quantitative estimate of drug-likeness (QED) is 0.118. The van der Waals surface area contributed by atoms with Crippen LogP contribution in [0.2, 0.25) is 182 Å². The lowest BCUT2D eigenvalue weighted by molar-refractivity contribution is 0.870. The molecule has 0 aromatic heterocycles. The third kappa shape index (κ3) is 10.3. The van der Waals surface area contributed by atoms with Gasteiger partial charge in [0.05, 0.1) is 72.7 Å². The molecule has 67 heavy (non-hydrogen) atoms. The molecule has 1 atom stereocenters. The van der Waals surface area contributed by atoms with Crippen LogP contribution in [0.5, 0.6) is 0 Å². The van der Waals surface area contributed by atoms with Crippen LogP contribution in [0.4, 0.5) is 0 Å². The minimum atomic E-state index is -3.35. The summed E-state index contributed by atoms with van der Waals surface area (Å²) < 4.78 is 0. The number of hydrogen-bond donors (Lipinski definition) is 0. The van der Waals surface area contributed by atoms with E-state index >= 15 is 0 Å². The first-order valence-corrected chi connectivity index (χ1v) is 59.8. The van der Waals surface area contributed by atoms with E-state index in [2.05, 4.69) is 250 Å². The minimum Gasteiger partial charge on any atom is -0.0730 e. The summed E-state index contributed by atoms with van der Waals surface area (Å²) in [6.45, 7) is 91.6. The van der Waals surface area contributed by atoms with Gasteiger partial charge in [0, 0.05) is 5.04 Å². The van der Waals surface area contributed by atoms with Crippen LogP contribution in [-0.4, -0.2) is 80.7 Å². The van der Waals surface area contributed by atoms with Gasteiger partial charge in [0.25, 0.3) is 0 Å². The highest BCUT2D eigenvalue weighted by Crippen LogP contribution is 2.53. The fraction of sp³-hybridized carbons (Fsp3) is 0.614. The van der Waals surface area contributed by atoms with E-state index < -0.39 is 80.7 Å². The van der Waals surface area contributed by atoms with Crippen molar-refractivity contribution in [3.63, 3.8) is 0 Å². The monoisotopic (exact) mass is 1070 g/mol. The Labute approximate surface area is 427 Å². The van der Waals surface area contributed by atoms with Gasteiger partial charge in [-0.05, 0) is 62.7 Å². The van der Waals surface area contributed by atoms with Gasteiger partial charge in [-0.1, -0.05) is 282 Å². The largest absolute Gasteiger partial charge is 0.162 e. The molecule has 4 rings (SSSR count). The van der Waals surface area contributed by atoms with Gasteiger partial charge in [-0.2, -0.15) is 0 Å². The number of benzene rings is 3. The Kier molecular flexibility index (Phi) is 15.6. The SMILES string of the molecule is CC1=CC(C)([Si](c2c([Si](C)(C)C)cc([Si](C)(C)C)c([Si](C)(C)C)c2C)(c2c([Si](C)(C)C)cc([Si](C)(C)C)c([Si](C)(C)C)c2C)c2c([Si](C)(C)C)cc([Si](C)(C)C)c([Si](C)(C)C)c2C)C(C)=C1C. The first kappa shape index (κ1) is 58.9. The van der Waals surface area contributed by atoms with Crippen LogP contribution < -0.4 is 62.2 Å². The van der Waals surface area contributed by atoms with Crippen LogP contribution in [0.1, 0.15) is 44.4 Å². The van der Waals surface area contributed by atoms with Gasteiger partial charge in [0.2, 0.25) is 0 Å². The Balaban J connectivity index is 3.01. The second kappa shape index (κ2) is 17.8. The smallest absolute Gasteiger partial charge is 0.0730 e. The van der Waals surface area contributed by atoms with E-state index in [0.717, 1.165) is 0 Å². The fourth-order valence-electron chi connectivity index (χ4n) is 13.2. The van der Waals surface area contributed by atoms with E-state index in [0.29, 0.717) is 0 Å². The van der Waals surface area contributed by atoms with Crippen LogP contribution >= 0.6 is 0 Å². The normalized spacial score (nSPS) is 17.8. The maximum absolute atomic E-state index is 3.35. The van der Waals surface area contributed by atoms with Crippen LogP contribution in [0, 0.1) is 20.8 Å². The predicted octanol–water partition coefficient (Wildman–Crippen LogP) is 11.0. The molecule has 0 bridgehead atoms. The second-order valence-corrected chi connectivity index (χ2v) is 80.6. The first-order chi connectivity index (χ1) is 29.3. The predicted molar refractivity (Wildman–Crippen MR) is 346 cm³/mol. The van der Waals surface area contributed by atoms with Crippen molar-refractivity contribution >= 4 is 143 Å². The molecule has 0 saturated heterocycles. The summed E-state index contributed by atoms with van der Waals surface area (Å²) in [5.74, 6) is 0. The molecule has 0 heterocycles. The van der Waals surface area contributed by atoms with Crippen molar-refractivity contribution in [1.82, 2.24) is 0 Å². The molecule has 374 valence electrons. The van der Waals surface area contributed by atoms with Gasteiger partial charge in [0.1, 0.15) is 0 Å². The molecule has 1 aliphatic carbocycles. The molecule has 0 saturated carbocycles. The summed E-state index contributed by atoms with van der Waals surface area (Å²) >= 11 is 0. The molecule has 10 heteroatoms. The van der Waals surface area contributed by atoms with Crippen molar-refractivity contribution < 1.29 is 0 Å². The van der Waals surface area contributed by atoms with Crippen molar-refractivity contribution in [1.29, 1.82) is 0 Å². The highest BCUT2D eigenvalue weighted by molar-refractivity contribution is 7.22. The zero-order chi connectivity index (χ0) is 52.7. The van der Waals surface area contributed by atoms with Crippen LogP contribution in [0.3, 0.4) is 0 Å². The van der Waals surface area contributed by atoms with Crippen LogP contribution in [-0.2, 0) is 0 Å². The molecule has 0 nitrogen and oxygen atoms in total. The van der Waals surface area contributed by atoms with Crippen molar-refractivity contribution in [2.75, 3.05) is 0 Å². The number of allylic oxidation sites excluding steroid dienone is 4. The maximum atomic E-state index is 2.98. The second-order valence-electron chi connectivity index (χ2n) is 31.3. The summed E-state index contributed by atoms with van der Waals surface area (Å²) in [6, 6.07) is 8.95. The molecule has 3 aromatic rings. The molecule has 0 spiro atoms. The van der Waals surface area contributed by atoms with E-state index in [1.54, 1.807) is 59.0 Å². The van der Waals surface area contributed by atoms with Crippen LogP contribution in [0.25, 0.3) is 0 Å². The molecule has 0 amide bonds. The molecular formula is C57H106Si10. The van der Waals surface area contributed by atoms with Gasteiger partial charge in [0.15, 0.2) is 8.07 Å². The van der Waals surface area contributed by atoms with E-state index in [-0.39, 0.29) is 5.04 Å². The third-order valence-electron chi connectivity index (χ3n) is 16.2. The van der Waals surface area contributed by atoms with E-state index in [1.165, 1.54) is 5.57 Å². The molecule has 1 aliphatic rings. The molecule has 0 fully saturated rings. The van der Waals surface area contributed by atoms with Gasteiger partial charge < -0.3 is 0 Å². The van der Waals surface area contributed by atoms with Crippen molar-refractivity contribution in [2.24, 2.45) is 0 Å². The summed E-state index contributed by atoms with van der Waals surface area (Å²) in [7, 11) is -20.7. The van der Waals surface area contributed by atoms with Crippen molar-refractivity contribution in [2.45, 2.75) is 230 Å². The van der Waals surface area contributed by atoms with Gasteiger partial charge in [-0.25, -0.2) is 0 Å². The van der Waals surface area contributed by atoms with Crippen molar-refractivity contribution in [3.05, 3.63) is 57.7 Å². The molecular weight excluding hydrogens is 965 g/mol. The Bertz CT molecular complexity index is 2280. The molecule has 0 aliphatic heterocycles. The molecule has 3 aromatic carbocycles. The standard InChI is InChI=1S/C57H106Si10/c1-39-38-57(7,44(6)40(39)2)67(54-41(3)51(64(26,27)28)45(58(8,9)10)35-48(54)61(17,18)19,55-42(4)52(65(29,30)31)46(59(11,12)13)36-49(55)62(20,21)22)56-43(5)53(66(32,33)34)47(60(14,15)16)37-50(56)63(23,24)25/h35-38H,1-34H3. The Hall–Kier alpha value is -0.691. The summed E-state index contributed by atoms with van der Waals surface area (Å²) in [4.78, 5) is 0. The average molecular weight is 1070 g/mol. The summed E-state index contributed by atoms with van der Waals surface area (Å²) in [6.07, 6.45) is 2.93. The lowest BCUT2D eigenvalue weighted by Gasteiger charge is -2.55. The lowest BCUT2D eigenvalue weighted by Crippen LogP contribution is -2.87. The topological polar surface area (TPSA) is 0 Å². The van der Waals surface area contributed by atoms with E-state index in [4.69, 9.17) is 0 Å². The number of hydrogen-bond acceptors (Lipinski definition) is 0.